The number of rotatable bonds is 54. The number of unbranched alkanes of at least 4 members (excludes halogenated alkanes) is 25. The zero-order valence-electron chi connectivity index (χ0n) is 47.7. The van der Waals surface area contributed by atoms with Gasteiger partial charge in [-0.3, -0.25) is 9.59 Å². The Labute approximate surface area is 449 Å². The smallest absolute Gasteiger partial charge is 0.306 e. The Hall–Kier alpha value is -3.53. The lowest BCUT2D eigenvalue weighted by Crippen LogP contribution is -2.44. The maximum Gasteiger partial charge on any atom is 0.306 e. The van der Waals surface area contributed by atoms with Crippen molar-refractivity contribution in [3.05, 3.63) is 85.1 Å². The van der Waals surface area contributed by atoms with E-state index in [-0.39, 0.29) is 38.6 Å². The molecule has 0 aromatic heterocycles. The minimum atomic E-state index is -1.63. The molecule has 0 aliphatic carbocycles. The molecule has 9 nitrogen and oxygen atoms in total. The van der Waals surface area contributed by atoms with Gasteiger partial charge in [0.1, 0.15) is 13.2 Å². The normalized spacial score (nSPS) is 13.4. The van der Waals surface area contributed by atoms with Gasteiger partial charge in [-0.1, -0.05) is 227 Å². The van der Waals surface area contributed by atoms with Crippen molar-refractivity contribution in [1.82, 2.24) is 0 Å². The highest BCUT2D eigenvalue weighted by Gasteiger charge is 2.22. The fraction of sp³-hybridized carbons (Fsp3) is 0.734. The van der Waals surface area contributed by atoms with Crippen LogP contribution in [0.5, 0.6) is 0 Å². The van der Waals surface area contributed by atoms with Crippen LogP contribution in [0.2, 0.25) is 0 Å². The highest BCUT2D eigenvalue weighted by Crippen LogP contribution is 2.16. The molecule has 0 rings (SSSR count). The first kappa shape index (κ1) is 69.5. The van der Waals surface area contributed by atoms with E-state index in [1.54, 1.807) is 0 Å². The fourth-order valence-corrected chi connectivity index (χ4v) is 8.06. The molecule has 2 atom stereocenters. The Kier molecular flexibility index (Phi) is 52.1. The van der Waals surface area contributed by atoms with E-state index in [0.717, 1.165) is 96.3 Å². The number of carbonyl (C=O) groups is 3. The van der Waals surface area contributed by atoms with Crippen LogP contribution in [0.3, 0.4) is 0 Å². The Bertz CT molecular complexity index is 1470. The maximum absolute atomic E-state index is 12.9. The van der Waals surface area contributed by atoms with Gasteiger partial charge in [0.2, 0.25) is 0 Å². The van der Waals surface area contributed by atoms with E-state index in [4.69, 9.17) is 18.9 Å². The minimum absolute atomic E-state index is 0.141. The van der Waals surface area contributed by atoms with Crippen LogP contribution in [-0.4, -0.2) is 82.3 Å². The lowest BCUT2D eigenvalue weighted by Gasteiger charge is -2.26. The monoisotopic (exact) mass is 1020 g/mol. The molecule has 9 heteroatoms. The lowest BCUT2D eigenvalue weighted by molar-refractivity contribution is -0.870. The van der Waals surface area contributed by atoms with Crippen molar-refractivity contribution in [1.29, 1.82) is 0 Å². The zero-order valence-corrected chi connectivity index (χ0v) is 47.7. The summed E-state index contributed by atoms with van der Waals surface area (Å²) in [5.41, 5.74) is 0. The first-order valence-corrected chi connectivity index (χ1v) is 29.7. The third-order valence-corrected chi connectivity index (χ3v) is 12.6. The molecule has 0 spiro atoms. The molecule has 0 N–H and O–H groups in total. The highest BCUT2D eigenvalue weighted by atomic mass is 16.7. The fourth-order valence-electron chi connectivity index (χ4n) is 8.06. The number of carboxylic acid groups (broad SMARTS) is 1. The zero-order chi connectivity index (χ0) is 53.4. The Balaban J connectivity index is 4.21. The van der Waals surface area contributed by atoms with Gasteiger partial charge in [-0.25, -0.2) is 0 Å². The number of hydrogen-bond acceptors (Lipinski definition) is 8. The van der Waals surface area contributed by atoms with E-state index >= 15 is 0 Å². The number of quaternary nitrogens is 1. The Morgan fingerprint density at radius 3 is 1.16 bits per heavy atom. The average Bonchev–Trinajstić information content (AvgIpc) is 3.36. The number of nitrogens with zero attached hydrogens (tertiary/aromatic N) is 1. The number of carboxylic acids is 1. The summed E-state index contributed by atoms with van der Waals surface area (Å²) in [5, 5.41) is 11.8. The second kappa shape index (κ2) is 54.7. The van der Waals surface area contributed by atoms with Gasteiger partial charge >= 0.3 is 11.9 Å². The highest BCUT2D eigenvalue weighted by molar-refractivity contribution is 5.70. The standard InChI is InChI=1S/C64H111NO8/c1-6-8-10-12-14-16-18-20-22-24-26-27-28-29-30-31-32-33-34-35-37-38-40-42-44-46-48-50-52-54-61(66)71-58-60(59-72-64(63(68)69)70-57-56-65(3,4)5)73-62(67)55-53-51-49-47-45-43-41-39-36-25-23-21-19-17-15-13-11-9-7-2/h9,11,15,17-18,20-21,23-24,26,28-29,36,39,60,64H,6-8,10,12-14,16,19,22,25,27,30-35,37-38,40-59H2,1-5H3/b11-9-,17-15-,20-18-,23-21-,26-24-,29-28-,39-36-. The molecular formula is C64H111NO8. The van der Waals surface area contributed by atoms with Gasteiger partial charge in [0.15, 0.2) is 12.4 Å². The molecule has 0 bridgehead atoms. The number of carbonyl (C=O) groups excluding carboxylic acids is 3. The van der Waals surface area contributed by atoms with E-state index < -0.39 is 24.3 Å². The summed E-state index contributed by atoms with van der Waals surface area (Å²) < 4.78 is 22.7. The number of esters is 2. The van der Waals surface area contributed by atoms with Crippen molar-refractivity contribution in [3.63, 3.8) is 0 Å². The molecule has 0 saturated heterocycles. The molecular weight excluding hydrogens is 911 g/mol. The van der Waals surface area contributed by atoms with E-state index in [1.807, 2.05) is 21.1 Å². The summed E-state index contributed by atoms with van der Waals surface area (Å²) >= 11 is 0. The summed E-state index contributed by atoms with van der Waals surface area (Å²) in [6.45, 7) is 4.61. The summed E-state index contributed by atoms with van der Waals surface area (Å²) in [4.78, 5) is 37.3. The molecule has 0 aromatic rings. The quantitative estimate of drug-likeness (QED) is 0.0195. The van der Waals surface area contributed by atoms with Crippen LogP contribution in [0.1, 0.15) is 245 Å². The van der Waals surface area contributed by atoms with Crippen molar-refractivity contribution < 1.29 is 42.9 Å². The maximum atomic E-state index is 12.9. The molecule has 0 saturated carbocycles. The summed E-state index contributed by atoms with van der Waals surface area (Å²) in [5.74, 6) is -2.30. The van der Waals surface area contributed by atoms with Gasteiger partial charge in [-0.2, -0.15) is 0 Å². The Morgan fingerprint density at radius 1 is 0.425 bits per heavy atom. The van der Waals surface area contributed by atoms with E-state index in [9.17, 15) is 19.5 Å². The van der Waals surface area contributed by atoms with Crippen molar-refractivity contribution >= 4 is 17.9 Å². The van der Waals surface area contributed by atoms with Crippen LogP contribution in [0.4, 0.5) is 0 Å². The van der Waals surface area contributed by atoms with Crippen LogP contribution in [-0.2, 0) is 33.3 Å². The first-order chi connectivity index (χ1) is 35.6. The summed E-state index contributed by atoms with van der Waals surface area (Å²) in [6, 6.07) is 0. The molecule has 0 aromatic carbocycles. The van der Waals surface area contributed by atoms with Gasteiger partial charge < -0.3 is 33.3 Å². The van der Waals surface area contributed by atoms with Crippen LogP contribution < -0.4 is 5.11 Å². The molecule has 0 heterocycles. The molecule has 0 aliphatic rings. The largest absolute Gasteiger partial charge is 0.545 e. The van der Waals surface area contributed by atoms with Gasteiger partial charge in [-0.05, 0) is 89.9 Å². The average molecular weight is 1020 g/mol. The van der Waals surface area contributed by atoms with Crippen molar-refractivity contribution in [2.45, 2.75) is 257 Å². The number of allylic oxidation sites excluding steroid dienone is 14. The SMILES string of the molecule is CC/C=C\C/C=C\C/C=C\C/C=C\CCCCCCCCC(=O)OC(COC(=O)CCCCCCCCCCCCCCCC/C=C\C/C=C\C/C=C\CCCCCCC)COC(OCC[N+](C)(C)C)C(=O)[O-]. The molecule has 0 amide bonds. The van der Waals surface area contributed by atoms with E-state index in [1.165, 1.54) is 116 Å². The predicted octanol–water partition coefficient (Wildman–Crippen LogP) is 16.2. The third kappa shape index (κ3) is 56.0. The van der Waals surface area contributed by atoms with Gasteiger partial charge in [-0.15, -0.1) is 0 Å². The second-order valence-corrected chi connectivity index (χ2v) is 20.9. The molecule has 2 unspecified atom stereocenters. The molecule has 73 heavy (non-hydrogen) atoms. The van der Waals surface area contributed by atoms with Gasteiger partial charge in [0.05, 0.1) is 40.3 Å². The Morgan fingerprint density at radius 2 is 0.781 bits per heavy atom. The minimum Gasteiger partial charge on any atom is -0.545 e. The predicted molar refractivity (Wildman–Crippen MR) is 306 cm³/mol. The summed E-state index contributed by atoms with van der Waals surface area (Å²) in [6.07, 6.45) is 69.2. The van der Waals surface area contributed by atoms with Crippen LogP contribution in [0, 0.1) is 0 Å². The van der Waals surface area contributed by atoms with Crippen molar-refractivity contribution in [2.75, 3.05) is 47.5 Å². The van der Waals surface area contributed by atoms with Crippen LogP contribution in [0.25, 0.3) is 0 Å². The first-order valence-electron chi connectivity index (χ1n) is 29.7. The van der Waals surface area contributed by atoms with E-state index in [2.05, 4.69) is 98.9 Å². The number of hydrogen-bond donors (Lipinski definition) is 0. The second-order valence-electron chi connectivity index (χ2n) is 20.9. The van der Waals surface area contributed by atoms with Crippen molar-refractivity contribution in [2.24, 2.45) is 0 Å². The van der Waals surface area contributed by atoms with Crippen molar-refractivity contribution in [3.8, 4) is 0 Å². The topological polar surface area (TPSA) is 111 Å². The number of aliphatic carboxylic acids is 1. The molecule has 0 aliphatic heterocycles. The summed E-state index contributed by atoms with van der Waals surface area (Å²) in [7, 11) is 5.91. The third-order valence-electron chi connectivity index (χ3n) is 12.6. The number of ether oxygens (including phenoxy) is 4. The van der Waals surface area contributed by atoms with Gasteiger partial charge in [0, 0.05) is 12.8 Å². The number of likely N-dealkylation sites (N-methyl/N-ethyl adjacent to an activating group) is 1. The van der Waals surface area contributed by atoms with Crippen LogP contribution >= 0.6 is 0 Å². The van der Waals surface area contributed by atoms with Crippen LogP contribution in [0.15, 0.2) is 85.1 Å². The molecule has 0 fully saturated rings. The lowest BCUT2D eigenvalue weighted by atomic mass is 10.0. The van der Waals surface area contributed by atoms with Gasteiger partial charge in [0.25, 0.3) is 0 Å². The van der Waals surface area contributed by atoms with E-state index in [0.29, 0.717) is 17.4 Å². The molecule has 420 valence electrons. The molecule has 0 radical (unpaired) electrons.